The normalized spacial score (nSPS) is 13.1. The highest BCUT2D eigenvalue weighted by molar-refractivity contribution is 5.26. The summed E-state index contributed by atoms with van der Waals surface area (Å²) >= 11 is 0. The predicted molar refractivity (Wildman–Crippen MR) is 102 cm³/mol. The summed E-state index contributed by atoms with van der Waals surface area (Å²) in [6, 6.07) is 21.9. The van der Waals surface area contributed by atoms with Crippen molar-refractivity contribution >= 4 is 0 Å². The molecule has 0 nitrogen and oxygen atoms in total. The van der Waals surface area contributed by atoms with Crippen molar-refractivity contribution in [3.05, 3.63) is 71.8 Å². The fourth-order valence-electron chi connectivity index (χ4n) is 4.44. The molecule has 0 heteroatoms. The molecule has 0 heterocycles. The standard InChI is InChI=1S/C23H32/c1-21(2,17-22(3,4)19-13-9-7-10-14-19)18-23(5,6)20-15-11-8-12-16-20/h7-16H,17-18H2,1-6H3. The van der Waals surface area contributed by atoms with Gasteiger partial charge in [0.25, 0.3) is 0 Å². The maximum Gasteiger partial charge on any atom is -0.00985 e. The molecule has 2 aromatic rings. The molecule has 23 heavy (non-hydrogen) atoms. The first-order valence-corrected chi connectivity index (χ1v) is 8.74. The maximum absolute atomic E-state index is 2.42. The molecule has 0 aliphatic rings. The average molecular weight is 309 g/mol. The van der Waals surface area contributed by atoms with Crippen molar-refractivity contribution < 1.29 is 0 Å². The van der Waals surface area contributed by atoms with Crippen molar-refractivity contribution in [3.63, 3.8) is 0 Å². The van der Waals surface area contributed by atoms with Crippen LogP contribution in [0.15, 0.2) is 60.7 Å². The Balaban J connectivity index is 2.16. The van der Waals surface area contributed by atoms with E-state index in [1.165, 1.54) is 24.0 Å². The van der Waals surface area contributed by atoms with Gasteiger partial charge in [-0.25, -0.2) is 0 Å². The van der Waals surface area contributed by atoms with Gasteiger partial charge in [-0.2, -0.15) is 0 Å². The van der Waals surface area contributed by atoms with E-state index in [4.69, 9.17) is 0 Å². The Bertz CT molecular complexity index is 548. The van der Waals surface area contributed by atoms with E-state index in [-0.39, 0.29) is 16.2 Å². The zero-order valence-electron chi connectivity index (χ0n) is 15.7. The average Bonchev–Trinajstić information content (AvgIpc) is 2.47. The summed E-state index contributed by atoms with van der Waals surface area (Å²) in [6.45, 7) is 14.3. The van der Waals surface area contributed by atoms with Crippen LogP contribution in [0.2, 0.25) is 0 Å². The maximum atomic E-state index is 2.42. The van der Waals surface area contributed by atoms with Crippen LogP contribution in [0.3, 0.4) is 0 Å². The molecule has 0 saturated carbocycles. The smallest absolute Gasteiger partial charge is 0.00985 e. The SMILES string of the molecule is CC(C)(CC(C)(C)c1ccccc1)CC(C)(C)c1ccccc1. The molecule has 2 aromatic carbocycles. The molecule has 0 aliphatic heterocycles. The van der Waals surface area contributed by atoms with Crippen molar-refractivity contribution in [3.8, 4) is 0 Å². The molecule has 0 unspecified atom stereocenters. The van der Waals surface area contributed by atoms with Crippen LogP contribution in [0, 0.1) is 5.41 Å². The molecular weight excluding hydrogens is 276 g/mol. The molecule has 0 bridgehead atoms. The quantitative estimate of drug-likeness (QED) is 0.553. The molecule has 0 N–H and O–H groups in total. The lowest BCUT2D eigenvalue weighted by Crippen LogP contribution is -2.32. The summed E-state index contributed by atoms with van der Waals surface area (Å²) < 4.78 is 0. The minimum atomic E-state index is 0.192. The van der Waals surface area contributed by atoms with Gasteiger partial charge in [0.1, 0.15) is 0 Å². The Kier molecular flexibility index (Phi) is 5.04. The molecule has 2 rings (SSSR count). The molecule has 0 atom stereocenters. The molecular formula is C23H32. The third-order valence-corrected chi connectivity index (χ3v) is 4.95. The van der Waals surface area contributed by atoms with E-state index in [0.29, 0.717) is 0 Å². The van der Waals surface area contributed by atoms with Gasteiger partial charge < -0.3 is 0 Å². The number of hydrogen-bond donors (Lipinski definition) is 0. The van der Waals surface area contributed by atoms with Gasteiger partial charge in [-0.1, -0.05) is 102 Å². The highest BCUT2D eigenvalue weighted by atomic mass is 14.4. The van der Waals surface area contributed by atoms with Gasteiger partial charge >= 0.3 is 0 Å². The Morgan fingerprint density at radius 2 is 0.826 bits per heavy atom. The lowest BCUT2D eigenvalue weighted by molar-refractivity contribution is 0.194. The Labute approximate surface area is 143 Å². The molecule has 0 amide bonds. The topological polar surface area (TPSA) is 0 Å². The van der Waals surface area contributed by atoms with Crippen LogP contribution in [-0.4, -0.2) is 0 Å². The first kappa shape index (κ1) is 17.8. The van der Waals surface area contributed by atoms with E-state index >= 15 is 0 Å². The van der Waals surface area contributed by atoms with Gasteiger partial charge in [-0.05, 0) is 40.2 Å². The van der Waals surface area contributed by atoms with Crippen molar-refractivity contribution in [1.29, 1.82) is 0 Å². The molecule has 124 valence electrons. The lowest BCUT2D eigenvalue weighted by Gasteiger charge is -2.40. The summed E-state index contributed by atoms with van der Waals surface area (Å²) in [5.41, 5.74) is 3.53. The van der Waals surface area contributed by atoms with Gasteiger partial charge in [-0.15, -0.1) is 0 Å². The van der Waals surface area contributed by atoms with Crippen LogP contribution in [-0.2, 0) is 10.8 Å². The van der Waals surface area contributed by atoms with E-state index in [0.717, 1.165) is 0 Å². The van der Waals surface area contributed by atoms with Crippen LogP contribution in [0.4, 0.5) is 0 Å². The lowest BCUT2D eigenvalue weighted by atomic mass is 9.64. The van der Waals surface area contributed by atoms with Crippen LogP contribution in [0.1, 0.15) is 65.5 Å². The van der Waals surface area contributed by atoms with E-state index in [9.17, 15) is 0 Å². The second kappa shape index (κ2) is 6.51. The van der Waals surface area contributed by atoms with Crippen molar-refractivity contribution in [2.75, 3.05) is 0 Å². The minimum Gasteiger partial charge on any atom is -0.0622 e. The van der Waals surface area contributed by atoms with Crippen LogP contribution < -0.4 is 0 Å². The van der Waals surface area contributed by atoms with Crippen LogP contribution in [0.25, 0.3) is 0 Å². The molecule has 0 aromatic heterocycles. The fraction of sp³-hybridized carbons (Fsp3) is 0.478. The van der Waals surface area contributed by atoms with Gasteiger partial charge in [-0.3, -0.25) is 0 Å². The predicted octanol–water partition coefficient (Wildman–Crippen LogP) is 6.75. The molecule has 0 aliphatic carbocycles. The summed E-state index contributed by atoms with van der Waals surface area (Å²) in [5.74, 6) is 0. The minimum absolute atomic E-state index is 0.192. The van der Waals surface area contributed by atoms with Crippen molar-refractivity contribution in [2.24, 2.45) is 5.41 Å². The fourth-order valence-corrected chi connectivity index (χ4v) is 4.44. The number of rotatable bonds is 6. The molecule has 0 radical (unpaired) electrons. The summed E-state index contributed by atoms with van der Waals surface area (Å²) in [5, 5.41) is 0. The first-order chi connectivity index (χ1) is 10.6. The molecule has 0 saturated heterocycles. The van der Waals surface area contributed by atoms with Gasteiger partial charge in [0, 0.05) is 0 Å². The van der Waals surface area contributed by atoms with E-state index in [2.05, 4.69) is 102 Å². The van der Waals surface area contributed by atoms with Gasteiger partial charge in [0.15, 0.2) is 0 Å². The summed E-state index contributed by atoms with van der Waals surface area (Å²) in [7, 11) is 0. The van der Waals surface area contributed by atoms with Gasteiger partial charge in [0.2, 0.25) is 0 Å². The highest BCUT2D eigenvalue weighted by Gasteiger charge is 2.35. The highest BCUT2D eigenvalue weighted by Crippen LogP contribution is 2.44. The van der Waals surface area contributed by atoms with Gasteiger partial charge in [0.05, 0.1) is 0 Å². The molecule has 0 spiro atoms. The van der Waals surface area contributed by atoms with E-state index < -0.39 is 0 Å². The zero-order chi connectivity index (χ0) is 17.1. The van der Waals surface area contributed by atoms with Crippen LogP contribution >= 0.6 is 0 Å². The van der Waals surface area contributed by atoms with Crippen molar-refractivity contribution in [1.82, 2.24) is 0 Å². The third-order valence-electron chi connectivity index (χ3n) is 4.95. The summed E-state index contributed by atoms with van der Waals surface area (Å²) in [6.07, 6.45) is 2.36. The second-order valence-electron chi connectivity index (χ2n) is 9.02. The largest absolute Gasteiger partial charge is 0.0622 e. The Hall–Kier alpha value is -1.56. The Morgan fingerprint density at radius 3 is 1.13 bits per heavy atom. The molecule has 0 fully saturated rings. The first-order valence-electron chi connectivity index (χ1n) is 8.74. The third kappa shape index (κ3) is 4.70. The van der Waals surface area contributed by atoms with E-state index in [1.54, 1.807) is 0 Å². The number of hydrogen-bond acceptors (Lipinski definition) is 0. The van der Waals surface area contributed by atoms with Crippen molar-refractivity contribution in [2.45, 2.75) is 65.2 Å². The Morgan fingerprint density at radius 1 is 0.522 bits per heavy atom. The second-order valence-corrected chi connectivity index (χ2v) is 9.02. The van der Waals surface area contributed by atoms with Crippen LogP contribution in [0.5, 0.6) is 0 Å². The monoisotopic (exact) mass is 308 g/mol. The van der Waals surface area contributed by atoms with E-state index in [1.807, 2.05) is 0 Å². The zero-order valence-corrected chi connectivity index (χ0v) is 15.7. The summed E-state index contributed by atoms with van der Waals surface area (Å²) in [4.78, 5) is 0. The number of benzene rings is 2.